The van der Waals surface area contributed by atoms with Crippen LogP contribution in [0.3, 0.4) is 0 Å². The second-order valence-corrected chi connectivity index (χ2v) is 6.85. The van der Waals surface area contributed by atoms with Gasteiger partial charge in [-0.3, -0.25) is 14.4 Å². The Labute approximate surface area is 160 Å². The molecule has 0 radical (unpaired) electrons. The van der Waals surface area contributed by atoms with Crippen molar-refractivity contribution < 1.29 is 19.1 Å². The van der Waals surface area contributed by atoms with Crippen LogP contribution in [0.1, 0.15) is 70.4 Å². The van der Waals surface area contributed by atoms with Gasteiger partial charge in [0.05, 0.1) is 5.69 Å². The van der Waals surface area contributed by atoms with Gasteiger partial charge >= 0.3 is 5.97 Å². The standard InChI is InChI=1S/C22H27NO4/c1-6-17-7-9-18(10-8-17)11-12-19(25)27-16(5)22(26)21-13(2)20(15(4)24)14(3)23-21/h7-10,16,23H,6,11-12H2,1-5H3/t16-/m0/s1. The zero-order chi connectivity index (χ0) is 20.1. The summed E-state index contributed by atoms with van der Waals surface area (Å²) in [6.45, 7) is 8.59. The second-order valence-electron chi connectivity index (χ2n) is 6.85. The molecule has 0 aliphatic carbocycles. The highest BCUT2D eigenvalue weighted by molar-refractivity contribution is 6.05. The molecule has 0 amide bonds. The van der Waals surface area contributed by atoms with Crippen molar-refractivity contribution in [1.29, 1.82) is 0 Å². The van der Waals surface area contributed by atoms with E-state index in [1.807, 2.05) is 12.1 Å². The Bertz CT molecular complexity index is 846. The van der Waals surface area contributed by atoms with Gasteiger partial charge in [0.15, 0.2) is 11.9 Å². The fourth-order valence-corrected chi connectivity index (χ4v) is 3.23. The number of hydrogen-bond acceptors (Lipinski definition) is 4. The molecule has 0 saturated heterocycles. The topological polar surface area (TPSA) is 76.2 Å². The third-order valence-corrected chi connectivity index (χ3v) is 4.76. The highest BCUT2D eigenvalue weighted by Crippen LogP contribution is 2.20. The zero-order valence-electron chi connectivity index (χ0n) is 16.6. The SMILES string of the molecule is CCc1ccc(CCC(=O)O[C@@H](C)C(=O)c2[nH]c(C)c(C(C)=O)c2C)cc1. The molecule has 1 atom stereocenters. The quantitative estimate of drug-likeness (QED) is 0.560. The number of hydrogen-bond donors (Lipinski definition) is 1. The van der Waals surface area contributed by atoms with Crippen molar-refractivity contribution in [2.45, 2.75) is 60.0 Å². The van der Waals surface area contributed by atoms with Crippen LogP contribution < -0.4 is 0 Å². The van der Waals surface area contributed by atoms with Gasteiger partial charge in [0.1, 0.15) is 0 Å². The highest BCUT2D eigenvalue weighted by atomic mass is 16.5. The summed E-state index contributed by atoms with van der Waals surface area (Å²) in [4.78, 5) is 39.4. The molecule has 2 aromatic rings. The molecule has 5 nitrogen and oxygen atoms in total. The first-order valence-electron chi connectivity index (χ1n) is 9.26. The van der Waals surface area contributed by atoms with Crippen LogP contribution >= 0.6 is 0 Å². The van der Waals surface area contributed by atoms with Crippen LogP contribution in [0.15, 0.2) is 24.3 Å². The van der Waals surface area contributed by atoms with Gasteiger partial charge in [-0.25, -0.2) is 0 Å². The van der Waals surface area contributed by atoms with E-state index in [2.05, 4.69) is 24.0 Å². The molecule has 0 fully saturated rings. The van der Waals surface area contributed by atoms with E-state index < -0.39 is 12.1 Å². The first-order valence-corrected chi connectivity index (χ1v) is 9.26. The number of ether oxygens (including phenoxy) is 1. The maximum atomic E-state index is 12.6. The van der Waals surface area contributed by atoms with Gasteiger partial charge in [-0.1, -0.05) is 31.2 Å². The Morgan fingerprint density at radius 1 is 1.07 bits per heavy atom. The number of esters is 1. The van der Waals surface area contributed by atoms with Gasteiger partial charge in [0.2, 0.25) is 5.78 Å². The minimum Gasteiger partial charge on any atom is -0.454 e. The second kappa shape index (κ2) is 8.80. The van der Waals surface area contributed by atoms with Crippen molar-refractivity contribution in [2.24, 2.45) is 0 Å². The molecule has 0 saturated carbocycles. The predicted molar refractivity (Wildman–Crippen MR) is 104 cm³/mol. The number of carbonyl (C=O) groups is 3. The maximum Gasteiger partial charge on any atom is 0.306 e. The molecule has 1 aromatic carbocycles. The maximum absolute atomic E-state index is 12.6. The molecule has 0 unspecified atom stereocenters. The molecule has 0 aliphatic heterocycles. The van der Waals surface area contributed by atoms with E-state index in [4.69, 9.17) is 4.74 Å². The van der Waals surface area contributed by atoms with Crippen molar-refractivity contribution in [3.8, 4) is 0 Å². The van der Waals surface area contributed by atoms with Crippen LogP contribution in [0.4, 0.5) is 0 Å². The molecular formula is C22H27NO4. The average Bonchev–Trinajstić information content (AvgIpc) is 2.94. The summed E-state index contributed by atoms with van der Waals surface area (Å²) in [5.74, 6) is -0.842. The molecule has 1 aromatic heterocycles. The molecule has 5 heteroatoms. The van der Waals surface area contributed by atoms with Crippen LogP contribution in [-0.4, -0.2) is 28.6 Å². The number of Topliss-reactive ketones (excluding diaryl/α,β-unsaturated/α-hetero) is 2. The van der Waals surface area contributed by atoms with Gasteiger partial charge in [0.25, 0.3) is 0 Å². The molecule has 0 spiro atoms. The number of aryl methyl sites for hydroxylation is 3. The molecule has 144 valence electrons. The number of nitrogens with one attached hydrogen (secondary N) is 1. The lowest BCUT2D eigenvalue weighted by molar-refractivity contribution is -0.146. The van der Waals surface area contributed by atoms with Gasteiger partial charge in [-0.2, -0.15) is 0 Å². The summed E-state index contributed by atoms with van der Waals surface area (Å²) < 4.78 is 5.30. The Kier molecular flexibility index (Phi) is 6.72. The monoisotopic (exact) mass is 369 g/mol. The van der Waals surface area contributed by atoms with Crippen LogP contribution in [0, 0.1) is 13.8 Å². The first kappa shape index (κ1) is 20.6. The molecule has 0 aliphatic rings. The van der Waals surface area contributed by atoms with Crippen molar-refractivity contribution in [1.82, 2.24) is 4.98 Å². The molecular weight excluding hydrogens is 342 g/mol. The van der Waals surface area contributed by atoms with E-state index >= 15 is 0 Å². The number of benzene rings is 1. The van der Waals surface area contributed by atoms with Crippen LogP contribution in [-0.2, 0) is 22.4 Å². The molecule has 0 bridgehead atoms. The number of carbonyl (C=O) groups excluding carboxylic acids is 3. The van der Waals surface area contributed by atoms with E-state index in [9.17, 15) is 14.4 Å². The third kappa shape index (κ3) is 4.94. The van der Waals surface area contributed by atoms with Crippen LogP contribution in [0.25, 0.3) is 0 Å². The van der Waals surface area contributed by atoms with E-state index in [-0.39, 0.29) is 18.0 Å². The Hall–Kier alpha value is -2.69. The number of ketones is 2. The van der Waals surface area contributed by atoms with Crippen LogP contribution in [0.2, 0.25) is 0 Å². The summed E-state index contributed by atoms with van der Waals surface area (Å²) in [6.07, 6.45) is 0.852. The van der Waals surface area contributed by atoms with Gasteiger partial charge in [0, 0.05) is 17.7 Å². The molecule has 2 rings (SSSR count). The minimum absolute atomic E-state index is 0.0981. The Morgan fingerprint density at radius 3 is 2.19 bits per heavy atom. The fourth-order valence-electron chi connectivity index (χ4n) is 3.23. The minimum atomic E-state index is -0.906. The lowest BCUT2D eigenvalue weighted by Gasteiger charge is -2.12. The van der Waals surface area contributed by atoms with Gasteiger partial charge in [-0.15, -0.1) is 0 Å². The van der Waals surface area contributed by atoms with Crippen molar-refractivity contribution in [3.63, 3.8) is 0 Å². The summed E-state index contributed by atoms with van der Waals surface area (Å²) >= 11 is 0. The van der Waals surface area contributed by atoms with Crippen molar-refractivity contribution in [2.75, 3.05) is 0 Å². The average molecular weight is 369 g/mol. The summed E-state index contributed by atoms with van der Waals surface area (Å²) in [5, 5.41) is 0. The van der Waals surface area contributed by atoms with Crippen LogP contribution in [0.5, 0.6) is 0 Å². The predicted octanol–water partition coefficient (Wildman–Crippen LogP) is 4.14. The van der Waals surface area contributed by atoms with E-state index in [1.165, 1.54) is 12.5 Å². The first-order chi connectivity index (χ1) is 12.7. The van der Waals surface area contributed by atoms with E-state index in [0.29, 0.717) is 28.9 Å². The smallest absolute Gasteiger partial charge is 0.306 e. The van der Waals surface area contributed by atoms with Crippen molar-refractivity contribution >= 4 is 17.5 Å². The summed E-state index contributed by atoms with van der Waals surface area (Å²) in [6, 6.07) is 8.12. The lowest BCUT2D eigenvalue weighted by atomic mass is 10.0. The van der Waals surface area contributed by atoms with Gasteiger partial charge < -0.3 is 9.72 Å². The molecule has 1 heterocycles. The van der Waals surface area contributed by atoms with E-state index in [1.54, 1.807) is 20.8 Å². The van der Waals surface area contributed by atoms with Crippen molar-refractivity contribution in [3.05, 3.63) is 57.9 Å². The number of H-pyrrole nitrogens is 1. The number of aromatic nitrogens is 1. The highest BCUT2D eigenvalue weighted by Gasteiger charge is 2.25. The fraction of sp³-hybridized carbons (Fsp3) is 0.409. The summed E-state index contributed by atoms with van der Waals surface area (Å²) in [5.41, 5.74) is 4.41. The third-order valence-electron chi connectivity index (χ3n) is 4.76. The van der Waals surface area contributed by atoms with Gasteiger partial charge in [-0.05, 0) is 57.2 Å². The lowest BCUT2D eigenvalue weighted by Crippen LogP contribution is -2.25. The zero-order valence-corrected chi connectivity index (χ0v) is 16.6. The Balaban J connectivity index is 1.96. The van der Waals surface area contributed by atoms with E-state index in [0.717, 1.165) is 12.0 Å². The molecule has 27 heavy (non-hydrogen) atoms. The number of aromatic amines is 1. The number of rotatable bonds is 8. The largest absolute Gasteiger partial charge is 0.454 e. The Morgan fingerprint density at radius 2 is 1.67 bits per heavy atom. The normalized spacial score (nSPS) is 11.9. The molecule has 1 N–H and O–H groups in total. The summed E-state index contributed by atoms with van der Waals surface area (Å²) in [7, 11) is 0.